The van der Waals surface area contributed by atoms with Crippen LogP contribution in [0.5, 0.6) is 5.75 Å². The summed E-state index contributed by atoms with van der Waals surface area (Å²) in [6.45, 7) is 6.13. The third kappa shape index (κ3) is 5.17. The first-order valence-corrected chi connectivity index (χ1v) is 9.52. The number of esters is 1. The minimum atomic E-state index is -0.447. The van der Waals surface area contributed by atoms with Crippen LogP contribution >= 0.6 is 0 Å². The summed E-state index contributed by atoms with van der Waals surface area (Å²) in [5.41, 5.74) is -0.0411. The lowest BCUT2D eigenvalue weighted by molar-refractivity contribution is 0.0193. The van der Waals surface area contributed by atoms with Crippen molar-refractivity contribution >= 4 is 5.97 Å². The van der Waals surface area contributed by atoms with Crippen molar-refractivity contribution in [3.8, 4) is 5.75 Å². The van der Waals surface area contributed by atoms with Gasteiger partial charge in [0.25, 0.3) is 0 Å². The normalized spacial score (nSPS) is 20.5. The van der Waals surface area contributed by atoms with E-state index >= 15 is 0 Å². The number of nitrogens with zero attached hydrogens (tertiary/aromatic N) is 1. The van der Waals surface area contributed by atoms with Crippen molar-refractivity contribution in [1.29, 1.82) is 0 Å². The Bertz CT molecular complexity index is 610. The van der Waals surface area contributed by atoms with Crippen LogP contribution < -0.4 is 4.74 Å². The smallest absolute Gasteiger partial charge is 0.338 e. The van der Waals surface area contributed by atoms with Gasteiger partial charge in [0, 0.05) is 19.6 Å². The Labute approximate surface area is 154 Å². The van der Waals surface area contributed by atoms with Gasteiger partial charge >= 0.3 is 5.97 Å². The molecule has 2 aliphatic rings. The van der Waals surface area contributed by atoms with Gasteiger partial charge in [-0.05, 0) is 50.8 Å². The lowest BCUT2D eigenvalue weighted by atomic mass is 9.86. The van der Waals surface area contributed by atoms with Crippen LogP contribution in [-0.2, 0) is 9.47 Å². The molecule has 1 heterocycles. The molecular weight excluding hydrogens is 337 g/mol. The Morgan fingerprint density at radius 3 is 2.69 bits per heavy atom. The van der Waals surface area contributed by atoms with Gasteiger partial charge in [-0.1, -0.05) is 6.42 Å². The number of ether oxygens (including phenoxy) is 3. The molecule has 0 amide bonds. The second-order valence-corrected chi connectivity index (χ2v) is 7.35. The summed E-state index contributed by atoms with van der Waals surface area (Å²) in [6, 6.07) is 4.19. The molecule has 1 saturated carbocycles. The van der Waals surface area contributed by atoms with Crippen molar-refractivity contribution in [2.24, 2.45) is 0 Å². The molecule has 1 aromatic carbocycles. The zero-order valence-electron chi connectivity index (χ0n) is 15.5. The van der Waals surface area contributed by atoms with Crippen LogP contribution in [0, 0.1) is 5.82 Å². The molecule has 0 spiro atoms. The van der Waals surface area contributed by atoms with E-state index in [0.717, 1.165) is 38.8 Å². The maximum atomic E-state index is 14.2. The van der Waals surface area contributed by atoms with Gasteiger partial charge in [0.1, 0.15) is 12.2 Å². The number of benzene rings is 1. The highest BCUT2D eigenvalue weighted by Gasteiger charge is 2.30. The Hall–Kier alpha value is -1.66. The number of carbonyl (C=O) groups excluding carboxylic acids is 1. The van der Waals surface area contributed by atoms with Gasteiger partial charge in [0.15, 0.2) is 11.6 Å². The molecule has 0 atom stereocenters. The second-order valence-electron chi connectivity index (χ2n) is 7.35. The van der Waals surface area contributed by atoms with Crippen molar-refractivity contribution in [2.45, 2.75) is 44.6 Å². The number of morpholine rings is 1. The molecule has 26 heavy (non-hydrogen) atoms. The number of carbonyl (C=O) groups is 1. The molecular formula is C20H28FNO4. The Morgan fingerprint density at radius 2 is 1.96 bits per heavy atom. The molecule has 0 radical (unpaired) electrons. The summed E-state index contributed by atoms with van der Waals surface area (Å²) in [5, 5.41) is 0. The Morgan fingerprint density at radius 1 is 1.23 bits per heavy atom. The molecule has 3 rings (SSSR count). The van der Waals surface area contributed by atoms with Gasteiger partial charge in [0.2, 0.25) is 0 Å². The quantitative estimate of drug-likeness (QED) is 0.723. The van der Waals surface area contributed by atoms with E-state index in [4.69, 9.17) is 14.2 Å². The van der Waals surface area contributed by atoms with E-state index in [1.165, 1.54) is 24.6 Å². The fraction of sp³-hybridized carbons (Fsp3) is 0.650. The van der Waals surface area contributed by atoms with Gasteiger partial charge in [-0.15, -0.1) is 0 Å². The van der Waals surface area contributed by atoms with Crippen molar-refractivity contribution < 1.29 is 23.4 Å². The summed E-state index contributed by atoms with van der Waals surface area (Å²) >= 11 is 0. The van der Waals surface area contributed by atoms with Gasteiger partial charge in [-0.25, -0.2) is 9.18 Å². The lowest BCUT2D eigenvalue weighted by Crippen LogP contribution is -2.38. The summed E-state index contributed by atoms with van der Waals surface area (Å²) < 4.78 is 30.8. The summed E-state index contributed by atoms with van der Waals surface area (Å²) in [5.74, 6) is -0.754. The second kappa shape index (κ2) is 8.82. The highest BCUT2D eigenvalue weighted by Crippen LogP contribution is 2.34. The average molecular weight is 365 g/mol. The third-order valence-corrected chi connectivity index (χ3v) is 5.18. The van der Waals surface area contributed by atoms with Gasteiger partial charge in [-0.3, -0.25) is 4.90 Å². The first-order valence-electron chi connectivity index (χ1n) is 9.52. The summed E-state index contributed by atoms with van der Waals surface area (Å²) in [6.07, 6.45) is 5.17. The summed E-state index contributed by atoms with van der Waals surface area (Å²) in [7, 11) is 0. The average Bonchev–Trinajstić information content (AvgIpc) is 2.65. The fourth-order valence-corrected chi connectivity index (χ4v) is 3.55. The van der Waals surface area contributed by atoms with Crippen molar-refractivity contribution in [2.75, 3.05) is 39.5 Å². The topological polar surface area (TPSA) is 48.0 Å². The highest BCUT2D eigenvalue weighted by molar-refractivity contribution is 5.89. The van der Waals surface area contributed by atoms with Crippen molar-refractivity contribution in [3.63, 3.8) is 0 Å². The van der Waals surface area contributed by atoms with Crippen molar-refractivity contribution in [3.05, 3.63) is 29.6 Å². The summed E-state index contributed by atoms with van der Waals surface area (Å²) in [4.78, 5) is 14.5. The van der Waals surface area contributed by atoms with Crippen LogP contribution in [0.15, 0.2) is 18.2 Å². The molecule has 0 aromatic heterocycles. The molecule has 0 unspecified atom stereocenters. The first kappa shape index (κ1) is 19.1. The highest BCUT2D eigenvalue weighted by atomic mass is 19.1. The minimum Gasteiger partial charge on any atom is -0.484 e. The molecule has 5 nitrogen and oxygen atoms in total. The number of halogens is 1. The maximum absolute atomic E-state index is 14.2. The molecule has 1 saturated heterocycles. The standard InChI is InChI=1S/C20H28FNO4/c1-20(7-3-2-4-8-20)26-18-15-16(5-6-17(18)21)19(23)25-14-11-22-9-12-24-13-10-22/h5-6,15H,2-4,7-14H2,1H3. The van der Waals surface area contributed by atoms with Crippen LogP contribution in [0.3, 0.4) is 0 Å². The lowest BCUT2D eigenvalue weighted by Gasteiger charge is -2.34. The molecule has 0 N–H and O–H groups in total. The van der Waals surface area contributed by atoms with Crippen LogP contribution in [0.1, 0.15) is 49.4 Å². The van der Waals surface area contributed by atoms with E-state index in [1.54, 1.807) is 0 Å². The zero-order chi connectivity index (χ0) is 18.4. The molecule has 144 valence electrons. The van der Waals surface area contributed by atoms with Crippen LogP contribution in [0.4, 0.5) is 4.39 Å². The molecule has 1 aliphatic carbocycles. The molecule has 0 bridgehead atoms. The largest absolute Gasteiger partial charge is 0.484 e. The van der Waals surface area contributed by atoms with E-state index in [1.807, 2.05) is 6.92 Å². The first-order chi connectivity index (χ1) is 12.6. The Kier molecular flexibility index (Phi) is 6.48. The number of hydrogen-bond acceptors (Lipinski definition) is 5. The van der Waals surface area contributed by atoms with Gasteiger partial charge < -0.3 is 14.2 Å². The SMILES string of the molecule is CC1(Oc2cc(C(=O)OCCN3CCOCC3)ccc2F)CCCCC1. The molecule has 1 aliphatic heterocycles. The van der Waals surface area contributed by atoms with Gasteiger partial charge in [0.05, 0.1) is 18.8 Å². The molecule has 2 fully saturated rings. The van der Waals surface area contributed by atoms with Crippen LogP contribution in [-0.4, -0.2) is 55.9 Å². The minimum absolute atomic E-state index is 0.136. The monoisotopic (exact) mass is 365 g/mol. The molecule has 6 heteroatoms. The molecule has 1 aromatic rings. The van der Waals surface area contributed by atoms with E-state index in [0.29, 0.717) is 31.9 Å². The third-order valence-electron chi connectivity index (χ3n) is 5.18. The fourth-order valence-electron chi connectivity index (χ4n) is 3.55. The predicted molar refractivity (Wildman–Crippen MR) is 96.1 cm³/mol. The van der Waals surface area contributed by atoms with E-state index in [2.05, 4.69) is 4.90 Å². The van der Waals surface area contributed by atoms with Crippen LogP contribution in [0.2, 0.25) is 0 Å². The number of hydrogen-bond donors (Lipinski definition) is 0. The maximum Gasteiger partial charge on any atom is 0.338 e. The Balaban J connectivity index is 1.56. The van der Waals surface area contributed by atoms with E-state index in [-0.39, 0.29) is 11.4 Å². The van der Waals surface area contributed by atoms with Crippen LogP contribution in [0.25, 0.3) is 0 Å². The van der Waals surface area contributed by atoms with E-state index < -0.39 is 11.8 Å². The number of rotatable bonds is 6. The predicted octanol–water partition coefficient (Wildman–Crippen LogP) is 3.42. The van der Waals surface area contributed by atoms with Gasteiger partial charge in [-0.2, -0.15) is 0 Å². The zero-order valence-corrected chi connectivity index (χ0v) is 15.5. The van der Waals surface area contributed by atoms with Crippen molar-refractivity contribution in [1.82, 2.24) is 4.90 Å². The van der Waals surface area contributed by atoms with E-state index in [9.17, 15) is 9.18 Å².